The standard InChI is InChI=1S/C12H12BrNO4/c1-18-12(17)14-6-8-4-9(13)3-2-7(8)5-10(14)11(15)16/h2-4,10H,5-6H2,1H3,(H,15,16). The van der Waals surface area contributed by atoms with Gasteiger partial charge in [-0.25, -0.2) is 9.59 Å². The van der Waals surface area contributed by atoms with Gasteiger partial charge >= 0.3 is 12.1 Å². The van der Waals surface area contributed by atoms with Gasteiger partial charge in [-0.3, -0.25) is 4.90 Å². The monoisotopic (exact) mass is 313 g/mol. The summed E-state index contributed by atoms with van der Waals surface area (Å²) in [7, 11) is 1.25. The molecular formula is C12H12BrNO4. The second-order valence-electron chi connectivity index (χ2n) is 4.07. The number of ether oxygens (including phenoxy) is 1. The van der Waals surface area contributed by atoms with Crippen molar-refractivity contribution in [3.05, 3.63) is 33.8 Å². The lowest BCUT2D eigenvalue weighted by Gasteiger charge is -2.33. The Morgan fingerprint density at radius 1 is 1.44 bits per heavy atom. The molecule has 5 nitrogen and oxygen atoms in total. The van der Waals surface area contributed by atoms with Crippen LogP contribution in [0.4, 0.5) is 4.79 Å². The molecule has 1 aliphatic rings. The largest absolute Gasteiger partial charge is 0.480 e. The zero-order valence-electron chi connectivity index (χ0n) is 9.72. The Bertz CT molecular complexity index is 503. The third-order valence-electron chi connectivity index (χ3n) is 2.99. The number of benzene rings is 1. The summed E-state index contributed by atoms with van der Waals surface area (Å²) >= 11 is 3.36. The van der Waals surface area contributed by atoms with Gasteiger partial charge in [0.25, 0.3) is 0 Å². The van der Waals surface area contributed by atoms with Crippen molar-refractivity contribution in [3.63, 3.8) is 0 Å². The summed E-state index contributed by atoms with van der Waals surface area (Å²) in [4.78, 5) is 24.0. The number of carbonyl (C=O) groups excluding carboxylic acids is 1. The molecule has 1 N–H and O–H groups in total. The first-order valence-corrected chi connectivity index (χ1v) is 6.17. The van der Waals surface area contributed by atoms with Crippen molar-refractivity contribution >= 4 is 28.0 Å². The number of aliphatic carboxylic acids is 1. The molecule has 18 heavy (non-hydrogen) atoms. The Balaban J connectivity index is 2.37. The topological polar surface area (TPSA) is 66.8 Å². The number of methoxy groups -OCH3 is 1. The predicted octanol–water partition coefficient (Wildman–Crippen LogP) is 2.03. The van der Waals surface area contributed by atoms with E-state index < -0.39 is 18.1 Å². The number of carboxylic acid groups (broad SMARTS) is 1. The van der Waals surface area contributed by atoms with Crippen LogP contribution in [0.3, 0.4) is 0 Å². The number of carboxylic acids is 1. The third-order valence-corrected chi connectivity index (χ3v) is 3.49. The lowest BCUT2D eigenvalue weighted by Crippen LogP contribution is -2.48. The molecule has 1 amide bonds. The van der Waals surface area contributed by atoms with Gasteiger partial charge in [-0.1, -0.05) is 22.0 Å². The summed E-state index contributed by atoms with van der Waals surface area (Å²) in [5, 5.41) is 9.17. The zero-order chi connectivity index (χ0) is 13.3. The van der Waals surface area contributed by atoms with Crippen LogP contribution in [0.25, 0.3) is 0 Å². The highest BCUT2D eigenvalue weighted by atomic mass is 79.9. The number of rotatable bonds is 1. The number of fused-ring (bicyclic) bond motifs is 1. The maximum absolute atomic E-state index is 11.6. The molecule has 0 bridgehead atoms. The van der Waals surface area contributed by atoms with Crippen molar-refractivity contribution in [1.82, 2.24) is 4.90 Å². The summed E-state index contributed by atoms with van der Waals surface area (Å²) in [5.41, 5.74) is 1.89. The minimum atomic E-state index is -1.02. The number of hydrogen-bond donors (Lipinski definition) is 1. The average Bonchev–Trinajstić information content (AvgIpc) is 2.35. The average molecular weight is 314 g/mol. The fraction of sp³-hybridized carbons (Fsp3) is 0.333. The van der Waals surface area contributed by atoms with Gasteiger partial charge in [-0.15, -0.1) is 0 Å². The zero-order valence-corrected chi connectivity index (χ0v) is 11.3. The minimum absolute atomic E-state index is 0.248. The lowest BCUT2D eigenvalue weighted by atomic mass is 9.94. The predicted molar refractivity (Wildman–Crippen MR) is 67.2 cm³/mol. The molecule has 1 aliphatic heterocycles. The van der Waals surface area contributed by atoms with Crippen LogP contribution < -0.4 is 0 Å². The normalized spacial score (nSPS) is 18.1. The molecule has 1 atom stereocenters. The summed E-state index contributed by atoms with van der Waals surface area (Å²) in [6.07, 6.45) is -0.319. The van der Waals surface area contributed by atoms with E-state index in [-0.39, 0.29) is 6.54 Å². The van der Waals surface area contributed by atoms with Gasteiger partial charge in [0.1, 0.15) is 6.04 Å². The van der Waals surface area contributed by atoms with Crippen molar-refractivity contribution in [2.24, 2.45) is 0 Å². The Labute approximate surface area is 112 Å². The molecule has 2 rings (SSSR count). The number of halogens is 1. The molecule has 0 saturated carbocycles. The van der Waals surface area contributed by atoms with Gasteiger partial charge in [0.2, 0.25) is 0 Å². The van der Waals surface area contributed by atoms with Crippen molar-refractivity contribution in [2.75, 3.05) is 7.11 Å². The highest BCUT2D eigenvalue weighted by molar-refractivity contribution is 9.10. The second-order valence-corrected chi connectivity index (χ2v) is 4.98. The van der Waals surface area contributed by atoms with Crippen molar-refractivity contribution in [3.8, 4) is 0 Å². The van der Waals surface area contributed by atoms with Gasteiger partial charge in [-0.05, 0) is 23.3 Å². The van der Waals surface area contributed by atoms with Crippen LogP contribution in [0, 0.1) is 0 Å². The molecular weight excluding hydrogens is 302 g/mol. The quantitative estimate of drug-likeness (QED) is 0.861. The van der Waals surface area contributed by atoms with E-state index in [1.807, 2.05) is 18.2 Å². The molecule has 1 unspecified atom stereocenters. The number of hydrogen-bond acceptors (Lipinski definition) is 3. The summed E-state index contributed by atoms with van der Waals surface area (Å²) in [6.45, 7) is 0.248. The highest BCUT2D eigenvalue weighted by Gasteiger charge is 2.35. The first-order valence-electron chi connectivity index (χ1n) is 5.37. The Kier molecular flexibility index (Phi) is 3.56. The second kappa shape index (κ2) is 4.97. The van der Waals surface area contributed by atoms with E-state index in [0.29, 0.717) is 6.42 Å². The number of nitrogens with zero attached hydrogens (tertiary/aromatic N) is 1. The lowest BCUT2D eigenvalue weighted by molar-refractivity contribution is -0.143. The van der Waals surface area contributed by atoms with Crippen LogP contribution in [0.1, 0.15) is 11.1 Å². The fourth-order valence-electron chi connectivity index (χ4n) is 2.08. The fourth-order valence-corrected chi connectivity index (χ4v) is 2.49. The van der Waals surface area contributed by atoms with E-state index in [4.69, 9.17) is 0 Å². The smallest absolute Gasteiger partial charge is 0.410 e. The Morgan fingerprint density at radius 2 is 2.17 bits per heavy atom. The molecule has 0 spiro atoms. The van der Waals surface area contributed by atoms with E-state index in [1.54, 1.807) is 0 Å². The van der Waals surface area contributed by atoms with E-state index in [2.05, 4.69) is 20.7 Å². The van der Waals surface area contributed by atoms with Crippen LogP contribution in [0.5, 0.6) is 0 Å². The Morgan fingerprint density at radius 3 is 2.78 bits per heavy atom. The van der Waals surface area contributed by atoms with Gasteiger partial charge in [0.15, 0.2) is 0 Å². The first-order chi connectivity index (χ1) is 8.52. The SMILES string of the molecule is COC(=O)N1Cc2cc(Br)ccc2CC1C(=O)O. The first kappa shape index (κ1) is 12.9. The van der Waals surface area contributed by atoms with Crippen molar-refractivity contribution in [2.45, 2.75) is 19.0 Å². The molecule has 0 radical (unpaired) electrons. The summed E-state index contributed by atoms with van der Waals surface area (Å²) in [5.74, 6) is -1.02. The molecule has 96 valence electrons. The van der Waals surface area contributed by atoms with Crippen LogP contribution in [0.2, 0.25) is 0 Å². The molecule has 1 aromatic carbocycles. The number of amides is 1. The minimum Gasteiger partial charge on any atom is -0.480 e. The van der Waals surface area contributed by atoms with Crippen molar-refractivity contribution in [1.29, 1.82) is 0 Å². The summed E-state index contributed by atoms with van der Waals surface area (Å²) < 4.78 is 5.53. The molecule has 0 aromatic heterocycles. The molecule has 6 heteroatoms. The van der Waals surface area contributed by atoms with E-state index in [1.165, 1.54) is 12.0 Å². The molecule has 0 saturated heterocycles. The maximum Gasteiger partial charge on any atom is 0.410 e. The van der Waals surface area contributed by atoms with Crippen LogP contribution in [-0.2, 0) is 22.5 Å². The number of carbonyl (C=O) groups is 2. The van der Waals surface area contributed by atoms with Gasteiger partial charge in [-0.2, -0.15) is 0 Å². The maximum atomic E-state index is 11.6. The van der Waals surface area contributed by atoms with Gasteiger partial charge < -0.3 is 9.84 Å². The van der Waals surface area contributed by atoms with Gasteiger partial charge in [0, 0.05) is 10.9 Å². The van der Waals surface area contributed by atoms with Crippen LogP contribution in [0.15, 0.2) is 22.7 Å². The Hall–Kier alpha value is -1.56. The van der Waals surface area contributed by atoms with Crippen molar-refractivity contribution < 1.29 is 19.4 Å². The van der Waals surface area contributed by atoms with Crippen LogP contribution >= 0.6 is 15.9 Å². The van der Waals surface area contributed by atoms with Crippen LogP contribution in [-0.4, -0.2) is 35.2 Å². The molecule has 1 heterocycles. The summed E-state index contributed by atoms with van der Waals surface area (Å²) in [6, 6.07) is 4.77. The third kappa shape index (κ3) is 2.33. The van der Waals surface area contributed by atoms with E-state index in [9.17, 15) is 14.7 Å². The van der Waals surface area contributed by atoms with E-state index >= 15 is 0 Å². The molecule has 0 aliphatic carbocycles. The van der Waals surface area contributed by atoms with Gasteiger partial charge in [0.05, 0.1) is 13.7 Å². The molecule has 1 aromatic rings. The highest BCUT2D eigenvalue weighted by Crippen LogP contribution is 2.26. The van der Waals surface area contributed by atoms with E-state index in [0.717, 1.165) is 15.6 Å². The molecule has 0 fully saturated rings.